The van der Waals surface area contributed by atoms with Crippen molar-refractivity contribution in [1.82, 2.24) is 29.9 Å². The van der Waals surface area contributed by atoms with E-state index in [0.29, 0.717) is 35.6 Å². The van der Waals surface area contributed by atoms with Crippen LogP contribution in [-0.2, 0) is 4.79 Å². The number of aromatic amines is 1. The molecule has 1 aliphatic rings. The van der Waals surface area contributed by atoms with Crippen molar-refractivity contribution in [3.05, 3.63) is 91.4 Å². The van der Waals surface area contributed by atoms with Gasteiger partial charge in [0.05, 0.1) is 23.1 Å². The number of hydrogen-bond acceptors (Lipinski definition) is 6. The van der Waals surface area contributed by atoms with Crippen molar-refractivity contribution in [3.63, 3.8) is 0 Å². The number of aromatic nitrogens is 5. The van der Waals surface area contributed by atoms with Crippen molar-refractivity contribution in [2.75, 3.05) is 24.1 Å². The highest BCUT2D eigenvalue weighted by atomic mass is 16.2. The van der Waals surface area contributed by atoms with Gasteiger partial charge in [-0.3, -0.25) is 19.4 Å². The van der Waals surface area contributed by atoms with Gasteiger partial charge in [-0.15, -0.1) is 0 Å². The monoisotopic (exact) mass is 532 g/mol. The van der Waals surface area contributed by atoms with Crippen LogP contribution in [-0.4, -0.2) is 54.8 Å². The number of carbonyl (C=O) groups is 2. The van der Waals surface area contributed by atoms with E-state index in [2.05, 4.69) is 27.1 Å². The van der Waals surface area contributed by atoms with Crippen LogP contribution >= 0.6 is 0 Å². The molecule has 0 radical (unpaired) electrons. The zero-order valence-electron chi connectivity index (χ0n) is 21.7. The van der Waals surface area contributed by atoms with E-state index in [0.717, 1.165) is 40.7 Å². The maximum Gasteiger partial charge on any atom is 0.255 e. The Morgan fingerprint density at radius 3 is 2.60 bits per heavy atom. The summed E-state index contributed by atoms with van der Waals surface area (Å²) in [6.45, 7) is 4.84. The topological polar surface area (TPSA) is 135 Å². The zero-order valence-corrected chi connectivity index (χ0v) is 21.7. The predicted octanol–water partition coefficient (Wildman–Crippen LogP) is 4.67. The van der Waals surface area contributed by atoms with Gasteiger partial charge in [-0.05, 0) is 43.2 Å². The van der Waals surface area contributed by atoms with Gasteiger partial charge in [-0.25, -0.2) is 4.98 Å². The molecule has 2 amide bonds. The fraction of sp³-hybridized carbons (Fsp3) is 0.167. The molecule has 200 valence electrons. The zero-order chi connectivity index (χ0) is 27.6. The number of piperidine rings is 1. The Labute approximate surface area is 230 Å². The third kappa shape index (κ3) is 4.60. The number of amides is 2. The van der Waals surface area contributed by atoms with Crippen molar-refractivity contribution < 1.29 is 9.59 Å². The van der Waals surface area contributed by atoms with E-state index >= 15 is 0 Å². The molecular weight excluding hydrogens is 504 g/mol. The third-order valence-corrected chi connectivity index (χ3v) is 7.24. The highest BCUT2D eigenvalue weighted by molar-refractivity contribution is 6.07. The van der Waals surface area contributed by atoms with Gasteiger partial charge in [0.15, 0.2) is 0 Å². The maximum atomic E-state index is 12.8. The molecule has 1 atom stereocenters. The highest BCUT2D eigenvalue weighted by Gasteiger charge is 2.29. The fourth-order valence-electron chi connectivity index (χ4n) is 5.26. The number of carbonyl (C=O) groups excluding carboxylic acids is 2. The van der Waals surface area contributed by atoms with Crippen LogP contribution < -0.4 is 11.1 Å². The van der Waals surface area contributed by atoms with Crippen LogP contribution in [0.25, 0.3) is 33.3 Å². The molecule has 5 aromatic rings. The number of H-pyrrole nitrogens is 1. The third-order valence-electron chi connectivity index (χ3n) is 7.24. The van der Waals surface area contributed by atoms with E-state index in [1.807, 2.05) is 47.1 Å². The number of pyridine rings is 1. The Kier molecular flexibility index (Phi) is 6.57. The lowest BCUT2D eigenvalue weighted by Gasteiger charge is -2.32. The first-order chi connectivity index (χ1) is 19.5. The van der Waals surface area contributed by atoms with E-state index in [9.17, 15) is 9.59 Å². The summed E-state index contributed by atoms with van der Waals surface area (Å²) in [5.74, 6) is 0.0527. The van der Waals surface area contributed by atoms with Crippen molar-refractivity contribution in [1.29, 1.82) is 0 Å². The van der Waals surface area contributed by atoms with Gasteiger partial charge in [0.1, 0.15) is 11.5 Å². The number of likely N-dealkylation sites (tertiary alicyclic amines) is 1. The molecule has 4 heterocycles. The lowest BCUT2D eigenvalue weighted by atomic mass is 10.0. The molecule has 40 heavy (non-hydrogen) atoms. The van der Waals surface area contributed by atoms with E-state index < -0.39 is 0 Å². The van der Waals surface area contributed by atoms with Crippen LogP contribution in [0, 0.1) is 0 Å². The van der Waals surface area contributed by atoms with E-state index in [1.165, 1.54) is 6.08 Å². The molecule has 1 saturated heterocycles. The van der Waals surface area contributed by atoms with Gasteiger partial charge in [0, 0.05) is 53.4 Å². The van der Waals surface area contributed by atoms with Gasteiger partial charge >= 0.3 is 0 Å². The number of fused-ring (bicyclic) bond motifs is 1. The Balaban J connectivity index is 1.44. The Bertz CT molecular complexity index is 1690. The van der Waals surface area contributed by atoms with Crippen LogP contribution in [0.2, 0.25) is 0 Å². The van der Waals surface area contributed by atoms with Crippen molar-refractivity contribution in [2.45, 2.75) is 18.9 Å². The van der Waals surface area contributed by atoms with Crippen molar-refractivity contribution >= 4 is 34.2 Å². The van der Waals surface area contributed by atoms with E-state index in [4.69, 9.17) is 10.8 Å². The molecule has 1 aliphatic heterocycles. The molecule has 0 spiro atoms. The van der Waals surface area contributed by atoms with E-state index in [1.54, 1.807) is 35.6 Å². The summed E-state index contributed by atoms with van der Waals surface area (Å²) in [5.41, 5.74) is 11.7. The number of para-hydroxylation sites is 1. The standard InChI is InChI=1S/C30H28N8O2/c1-2-25(39)37-14-6-9-23(18-37)38-28-24(21-15-33-34-16-21)17-32-29(31)26(28)27(36-38)19-10-12-20(13-11-19)30(40)35-22-7-4-3-5-8-22/h2-5,7-8,10-13,15-17,23H,1,6,9,14,18H2,(H2,31,32)(H,33,34)(H,35,40)/t23-/m1/s1. The first-order valence-corrected chi connectivity index (χ1v) is 13.1. The average molecular weight is 533 g/mol. The van der Waals surface area contributed by atoms with Gasteiger partial charge in [0.25, 0.3) is 5.91 Å². The number of nitrogens with two attached hydrogens (primary N) is 1. The Morgan fingerprint density at radius 2 is 1.88 bits per heavy atom. The summed E-state index contributed by atoms with van der Waals surface area (Å²) >= 11 is 0. The predicted molar refractivity (Wildman–Crippen MR) is 154 cm³/mol. The Morgan fingerprint density at radius 1 is 1.07 bits per heavy atom. The minimum atomic E-state index is -0.203. The van der Waals surface area contributed by atoms with Gasteiger partial charge in [-0.1, -0.05) is 36.9 Å². The number of nitrogen functional groups attached to an aromatic ring is 1. The lowest BCUT2D eigenvalue weighted by molar-refractivity contribution is -0.127. The van der Waals surface area contributed by atoms with Gasteiger partial charge < -0.3 is 16.0 Å². The second-order valence-corrected chi connectivity index (χ2v) is 9.74. The number of nitrogens with zero attached hydrogens (tertiary/aromatic N) is 5. The summed E-state index contributed by atoms with van der Waals surface area (Å²) in [6, 6.07) is 16.5. The van der Waals surface area contributed by atoms with Crippen molar-refractivity contribution in [3.8, 4) is 22.4 Å². The Hall–Kier alpha value is -5.25. The molecule has 0 aliphatic carbocycles. The highest BCUT2D eigenvalue weighted by Crippen LogP contribution is 2.39. The lowest BCUT2D eigenvalue weighted by Crippen LogP contribution is -2.40. The molecule has 10 heteroatoms. The van der Waals surface area contributed by atoms with Crippen LogP contribution in [0.15, 0.2) is 85.8 Å². The molecule has 0 bridgehead atoms. The normalized spacial score (nSPS) is 15.2. The summed E-state index contributed by atoms with van der Waals surface area (Å²) in [4.78, 5) is 31.6. The molecule has 4 N–H and O–H groups in total. The quantitative estimate of drug-likeness (QED) is 0.272. The smallest absolute Gasteiger partial charge is 0.255 e. The second-order valence-electron chi connectivity index (χ2n) is 9.74. The number of anilines is 2. The van der Waals surface area contributed by atoms with Crippen LogP contribution in [0.1, 0.15) is 29.2 Å². The summed E-state index contributed by atoms with van der Waals surface area (Å²) in [6.07, 6.45) is 8.31. The van der Waals surface area contributed by atoms with Gasteiger partial charge in [-0.2, -0.15) is 10.2 Å². The van der Waals surface area contributed by atoms with E-state index in [-0.39, 0.29) is 17.9 Å². The maximum absolute atomic E-state index is 12.8. The first kappa shape index (κ1) is 25.1. The summed E-state index contributed by atoms with van der Waals surface area (Å²) in [7, 11) is 0. The largest absolute Gasteiger partial charge is 0.383 e. The number of rotatable bonds is 6. The molecule has 6 rings (SSSR count). The fourth-order valence-corrected chi connectivity index (χ4v) is 5.26. The SMILES string of the molecule is C=CC(=O)N1CCC[C@@H](n2nc(-c3ccc(C(=O)Nc4ccccc4)cc3)c3c(N)ncc(-c4cn[nH]c4)c32)C1. The van der Waals surface area contributed by atoms with Crippen LogP contribution in [0.4, 0.5) is 11.5 Å². The second kappa shape index (κ2) is 10.5. The molecule has 2 aromatic carbocycles. The minimum absolute atomic E-state index is 0.0720. The van der Waals surface area contributed by atoms with Crippen LogP contribution in [0.3, 0.4) is 0 Å². The first-order valence-electron chi connectivity index (χ1n) is 13.1. The van der Waals surface area contributed by atoms with Crippen LogP contribution in [0.5, 0.6) is 0 Å². The molecule has 0 unspecified atom stereocenters. The van der Waals surface area contributed by atoms with Gasteiger partial charge in [0.2, 0.25) is 5.91 Å². The number of nitrogens with one attached hydrogen (secondary N) is 2. The van der Waals surface area contributed by atoms with Crippen molar-refractivity contribution in [2.24, 2.45) is 0 Å². The molecular formula is C30H28N8O2. The summed E-state index contributed by atoms with van der Waals surface area (Å²) < 4.78 is 1.98. The molecule has 1 fully saturated rings. The molecule has 3 aromatic heterocycles. The molecule has 0 saturated carbocycles. The number of hydrogen-bond donors (Lipinski definition) is 3. The number of benzene rings is 2. The average Bonchev–Trinajstić information content (AvgIpc) is 3.67. The molecule has 10 nitrogen and oxygen atoms in total. The minimum Gasteiger partial charge on any atom is -0.383 e. The summed E-state index contributed by atoms with van der Waals surface area (Å²) in [5, 5.41) is 15.7.